The normalized spacial score (nSPS) is 20.9. The van der Waals surface area contributed by atoms with E-state index in [-0.39, 0.29) is 0 Å². The lowest BCUT2D eigenvalue weighted by Gasteiger charge is -2.45. The third-order valence-electron chi connectivity index (χ3n) is 5.97. The third kappa shape index (κ3) is 2.81. The van der Waals surface area contributed by atoms with Crippen molar-refractivity contribution < 1.29 is 18.9 Å². The van der Waals surface area contributed by atoms with Crippen LogP contribution in [0.25, 0.3) is 0 Å². The summed E-state index contributed by atoms with van der Waals surface area (Å²) >= 11 is 0. The van der Waals surface area contributed by atoms with Crippen LogP contribution in [0.15, 0.2) is 24.3 Å². The minimum Gasteiger partial charge on any atom is -0.497 e. The van der Waals surface area contributed by atoms with Crippen molar-refractivity contribution in [3.05, 3.63) is 46.5 Å². The van der Waals surface area contributed by atoms with E-state index >= 15 is 0 Å². The lowest BCUT2D eigenvalue weighted by molar-refractivity contribution is 0.104. The van der Waals surface area contributed by atoms with Crippen molar-refractivity contribution in [1.82, 2.24) is 4.90 Å². The summed E-state index contributed by atoms with van der Waals surface area (Å²) < 4.78 is 22.3. The summed E-state index contributed by atoms with van der Waals surface area (Å²) in [7, 11) is 6.75. The first kappa shape index (κ1) is 18.0. The molecule has 0 radical (unpaired) electrons. The molecule has 0 saturated heterocycles. The van der Waals surface area contributed by atoms with E-state index < -0.39 is 0 Å². The highest BCUT2D eigenvalue weighted by molar-refractivity contribution is 5.60. The van der Waals surface area contributed by atoms with Gasteiger partial charge in [-0.3, -0.25) is 4.90 Å². The molecule has 27 heavy (non-hydrogen) atoms. The molecule has 2 aliphatic heterocycles. The number of nitrogens with zero attached hydrogens (tertiary/aromatic N) is 1. The Bertz CT molecular complexity index is 864. The quantitative estimate of drug-likeness (QED) is 0.821. The van der Waals surface area contributed by atoms with E-state index in [0.717, 1.165) is 36.6 Å². The number of hydrogen-bond donors (Lipinski definition) is 0. The maximum absolute atomic E-state index is 5.74. The van der Waals surface area contributed by atoms with E-state index in [1.807, 2.05) is 0 Å². The molecule has 2 aromatic rings. The highest BCUT2D eigenvalue weighted by Gasteiger charge is 2.38. The molecule has 0 spiro atoms. The number of methoxy groups -OCH3 is 4. The number of rotatable bonds is 4. The lowest BCUT2D eigenvalue weighted by Crippen LogP contribution is -2.45. The summed E-state index contributed by atoms with van der Waals surface area (Å²) in [6, 6.07) is 9.38. The van der Waals surface area contributed by atoms with E-state index in [1.165, 1.54) is 22.3 Å². The van der Waals surface area contributed by atoms with Gasteiger partial charge in [0.15, 0.2) is 11.5 Å². The van der Waals surface area contributed by atoms with Crippen molar-refractivity contribution in [1.29, 1.82) is 0 Å². The average molecular weight is 369 g/mol. The van der Waals surface area contributed by atoms with Crippen LogP contribution in [0.2, 0.25) is 0 Å². The molecule has 0 aliphatic carbocycles. The van der Waals surface area contributed by atoms with E-state index in [4.69, 9.17) is 18.9 Å². The van der Waals surface area contributed by atoms with Crippen molar-refractivity contribution in [2.75, 3.05) is 28.4 Å². The monoisotopic (exact) mass is 369 g/mol. The summed E-state index contributed by atoms with van der Waals surface area (Å²) in [6.07, 6.45) is 1.95. The Morgan fingerprint density at radius 3 is 2.30 bits per heavy atom. The van der Waals surface area contributed by atoms with Crippen LogP contribution in [-0.4, -0.2) is 39.4 Å². The van der Waals surface area contributed by atoms with Crippen molar-refractivity contribution >= 4 is 0 Å². The fourth-order valence-corrected chi connectivity index (χ4v) is 4.64. The van der Waals surface area contributed by atoms with Crippen molar-refractivity contribution in [3.8, 4) is 23.0 Å². The van der Waals surface area contributed by atoms with Crippen LogP contribution in [0.1, 0.15) is 35.2 Å². The fourth-order valence-electron chi connectivity index (χ4n) is 4.64. The fraction of sp³-hybridized carbons (Fsp3) is 0.455. The van der Waals surface area contributed by atoms with Gasteiger partial charge in [-0.2, -0.15) is 0 Å². The number of ether oxygens (including phenoxy) is 4. The molecule has 144 valence electrons. The molecule has 0 amide bonds. The van der Waals surface area contributed by atoms with Gasteiger partial charge < -0.3 is 18.9 Å². The maximum Gasteiger partial charge on any atom is 0.203 e. The third-order valence-corrected chi connectivity index (χ3v) is 5.97. The Balaban J connectivity index is 1.82. The van der Waals surface area contributed by atoms with Gasteiger partial charge in [0.1, 0.15) is 5.75 Å². The van der Waals surface area contributed by atoms with E-state index in [9.17, 15) is 0 Å². The van der Waals surface area contributed by atoms with E-state index in [1.54, 1.807) is 28.4 Å². The van der Waals surface area contributed by atoms with Crippen LogP contribution < -0.4 is 18.9 Å². The summed E-state index contributed by atoms with van der Waals surface area (Å²) in [6.45, 7) is 3.14. The summed E-state index contributed by atoms with van der Waals surface area (Å²) in [5.41, 5.74) is 5.25. The summed E-state index contributed by atoms with van der Waals surface area (Å²) in [5.74, 6) is 3.11. The van der Waals surface area contributed by atoms with Gasteiger partial charge in [0.25, 0.3) is 0 Å². The molecule has 0 saturated carbocycles. The molecule has 0 bridgehead atoms. The van der Waals surface area contributed by atoms with Crippen molar-refractivity contribution in [2.45, 2.75) is 38.4 Å². The minimum atomic E-state index is 0.352. The van der Waals surface area contributed by atoms with E-state index in [0.29, 0.717) is 17.8 Å². The molecule has 2 aromatic carbocycles. The van der Waals surface area contributed by atoms with Gasteiger partial charge in [-0.1, -0.05) is 6.07 Å². The molecule has 4 rings (SSSR count). The highest BCUT2D eigenvalue weighted by atomic mass is 16.5. The van der Waals surface area contributed by atoms with Crippen molar-refractivity contribution in [2.24, 2.45) is 0 Å². The molecule has 5 nitrogen and oxygen atoms in total. The van der Waals surface area contributed by atoms with Gasteiger partial charge in [-0.25, -0.2) is 0 Å². The van der Waals surface area contributed by atoms with Gasteiger partial charge >= 0.3 is 0 Å². The Morgan fingerprint density at radius 1 is 0.852 bits per heavy atom. The zero-order valence-corrected chi connectivity index (χ0v) is 16.7. The molecular formula is C22H27NO4. The maximum atomic E-state index is 5.74. The molecule has 2 atom stereocenters. The first-order chi connectivity index (χ1) is 13.1. The first-order valence-electron chi connectivity index (χ1n) is 9.34. The smallest absolute Gasteiger partial charge is 0.203 e. The van der Waals surface area contributed by atoms with Crippen LogP contribution >= 0.6 is 0 Å². The molecule has 0 fully saturated rings. The SMILES string of the molecule is COc1ccc2c(c1)C[C@@H](C)N1Cc3c(cc(OC)c(OC)c3OC)C[C@@H]21. The van der Waals surface area contributed by atoms with E-state index in [2.05, 4.69) is 36.1 Å². The van der Waals surface area contributed by atoms with Gasteiger partial charge in [0, 0.05) is 24.2 Å². The summed E-state index contributed by atoms with van der Waals surface area (Å²) in [5, 5.41) is 0. The number of fused-ring (bicyclic) bond motifs is 4. The van der Waals surface area contributed by atoms with Crippen LogP contribution in [0.3, 0.4) is 0 Å². The number of benzene rings is 2. The van der Waals surface area contributed by atoms with Gasteiger partial charge in [-0.05, 0) is 54.7 Å². The van der Waals surface area contributed by atoms with Gasteiger partial charge in [0.05, 0.1) is 28.4 Å². The molecular weight excluding hydrogens is 342 g/mol. The topological polar surface area (TPSA) is 40.2 Å². The largest absolute Gasteiger partial charge is 0.497 e. The zero-order chi connectivity index (χ0) is 19.1. The second-order valence-electron chi connectivity index (χ2n) is 7.29. The predicted octanol–water partition coefficient (Wildman–Crippen LogP) is 3.77. The second-order valence-corrected chi connectivity index (χ2v) is 7.29. The molecule has 0 unspecified atom stereocenters. The Morgan fingerprint density at radius 2 is 1.63 bits per heavy atom. The minimum absolute atomic E-state index is 0.352. The van der Waals surface area contributed by atoms with Gasteiger partial charge in [-0.15, -0.1) is 0 Å². The Hall–Kier alpha value is -2.40. The average Bonchev–Trinajstić information content (AvgIpc) is 2.70. The van der Waals surface area contributed by atoms with Crippen LogP contribution in [-0.2, 0) is 19.4 Å². The highest BCUT2D eigenvalue weighted by Crippen LogP contribution is 2.49. The standard InChI is InChI=1S/C22H27NO4/c1-13-8-14-9-16(24-2)6-7-17(14)19-10-15-11-20(25-3)22(27-5)21(26-4)18(15)12-23(13)19/h6-7,9,11,13,19H,8,10,12H2,1-5H3/t13-,19+/m1/s1. The molecule has 0 N–H and O–H groups in total. The lowest BCUT2D eigenvalue weighted by atomic mass is 9.81. The Labute approximate surface area is 160 Å². The van der Waals surface area contributed by atoms with Crippen LogP contribution in [0.4, 0.5) is 0 Å². The molecule has 2 aliphatic rings. The molecule has 2 heterocycles. The Kier molecular flexibility index (Phi) is 4.64. The number of hydrogen-bond acceptors (Lipinski definition) is 5. The van der Waals surface area contributed by atoms with Crippen LogP contribution in [0.5, 0.6) is 23.0 Å². The second kappa shape index (κ2) is 6.97. The predicted molar refractivity (Wildman–Crippen MR) is 104 cm³/mol. The summed E-state index contributed by atoms with van der Waals surface area (Å²) in [4.78, 5) is 2.57. The van der Waals surface area contributed by atoms with Gasteiger partial charge in [0.2, 0.25) is 5.75 Å². The molecule has 0 aromatic heterocycles. The first-order valence-corrected chi connectivity index (χ1v) is 9.34. The zero-order valence-electron chi connectivity index (χ0n) is 16.7. The van der Waals surface area contributed by atoms with Crippen LogP contribution in [0, 0.1) is 0 Å². The van der Waals surface area contributed by atoms with Crippen molar-refractivity contribution in [3.63, 3.8) is 0 Å². The molecule has 5 heteroatoms.